The molecule has 1 aliphatic carbocycles. The molecule has 1 unspecified atom stereocenters. The molecule has 2 aliphatic heterocycles. The van der Waals surface area contributed by atoms with Crippen LogP contribution in [0.4, 0.5) is 0 Å². The van der Waals surface area contributed by atoms with Crippen LogP contribution < -0.4 is 4.74 Å². The lowest BCUT2D eigenvalue weighted by Crippen LogP contribution is -2.56. The van der Waals surface area contributed by atoms with E-state index >= 15 is 0 Å². The van der Waals surface area contributed by atoms with Crippen LogP contribution in [-0.2, 0) is 14.8 Å². The molecule has 4 rings (SSSR count). The number of piperidine rings is 1. The fourth-order valence-corrected chi connectivity index (χ4v) is 6.50. The average Bonchev–Trinajstić information content (AvgIpc) is 3.59. The maximum atomic E-state index is 13.0. The Kier molecular flexibility index (Phi) is 6.10. The highest BCUT2D eigenvalue weighted by atomic mass is 32.2. The Hall–Kier alpha value is -1.64. The number of nitrogens with zero attached hydrogens (tertiary/aromatic N) is 2. The van der Waals surface area contributed by atoms with Crippen LogP contribution in [0.25, 0.3) is 0 Å². The van der Waals surface area contributed by atoms with Gasteiger partial charge in [-0.2, -0.15) is 4.31 Å². The fourth-order valence-electron chi connectivity index (χ4n) is 4.91. The third-order valence-electron chi connectivity index (χ3n) is 6.72. The Morgan fingerprint density at radius 2 is 1.90 bits per heavy atom. The van der Waals surface area contributed by atoms with Gasteiger partial charge in [-0.05, 0) is 57.6 Å². The van der Waals surface area contributed by atoms with Crippen molar-refractivity contribution in [3.8, 4) is 5.75 Å². The molecule has 1 aromatic rings. The van der Waals surface area contributed by atoms with Crippen molar-refractivity contribution in [2.45, 2.75) is 63.1 Å². The normalized spacial score (nSPS) is 24.2. The summed E-state index contributed by atoms with van der Waals surface area (Å²) in [5.74, 6) is 0.708. The first-order valence-electron chi connectivity index (χ1n) is 11.0. The molecule has 3 fully saturated rings. The zero-order valence-electron chi connectivity index (χ0n) is 17.9. The summed E-state index contributed by atoms with van der Waals surface area (Å²) in [5.41, 5.74) is 0.240. The van der Waals surface area contributed by atoms with Gasteiger partial charge in [-0.15, -0.1) is 0 Å². The van der Waals surface area contributed by atoms with Gasteiger partial charge in [0.1, 0.15) is 5.75 Å². The molecule has 166 valence electrons. The Labute approximate surface area is 179 Å². The average molecular weight is 437 g/mol. The maximum Gasteiger partial charge on any atom is 0.257 e. The molecule has 0 bridgehead atoms. The number of para-hydroxylation sites is 1. The molecule has 1 saturated carbocycles. The number of amides is 1. The minimum atomic E-state index is -3.22. The molecule has 1 amide bonds. The van der Waals surface area contributed by atoms with Crippen LogP contribution in [-0.4, -0.2) is 73.8 Å². The number of hydrogen-bond acceptors (Lipinski definition) is 5. The van der Waals surface area contributed by atoms with Gasteiger partial charge < -0.3 is 14.4 Å². The first-order valence-corrected chi connectivity index (χ1v) is 12.6. The molecule has 2 saturated heterocycles. The van der Waals surface area contributed by atoms with Gasteiger partial charge in [0, 0.05) is 31.8 Å². The largest absolute Gasteiger partial charge is 0.496 e. The topological polar surface area (TPSA) is 76.2 Å². The second kappa shape index (κ2) is 8.48. The Morgan fingerprint density at radius 3 is 2.53 bits per heavy atom. The third-order valence-corrected chi connectivity index (χ3v) is 8.69. The SMILES string of the molecule is CCS(=O)(=O)N(C1CC1)C1CCOC2(CCN(C(=O)c3ccccc3OC)CC2)C1. The Balaban J connectivity index is 1.44. The lowest BCUT2D eigenvalue weighted by molar-refractivity contribution is -0.123. The summed E-state index contributed by atoms with van der Waals surface area (Å²) in [6.07, 6.45) is 4.86. The predicted molar refractivity (Wildman–Crippen MR) is 114 cm³/mol. The zero-order chi connectivity index (χ0) is 21.4. The Morgan fingerprint density at radius 1 is 1.20 bits per heavy atom. The van der Waals surface area contributed by atoms with Crippen molar-refractivity contribution in [1.82, 2.24) is 9.21 Å². The van der Waals surface area contributed by atoms with Crippen LogP contribution in [0, 0.1) is 0 Å². The monoisotopic (exact) mass is 436 g/mol. The van der Waals surface area contributed by atoms with E-state index < -0.39 is 10.0 Å². The number of methoxy groups -OCH3 is 1. The van der Waals surface area contributed by atoms with E-state index in [2.05, 4.69) is 0 Å². The summed E-state index contributed by atoms with van der Waals surface area (Å²) in [6, 6.07) is 7.47. The fraction of sp³-hybridized carbons (Fsp3) is 0.682. The van der Waals surface area contributed by atoms with Crippen molar-refractivity contribution in [1.29, 1.82) is 0 Å². The number of sulfonamides is 1. The van der Waals surface area contributed by atoms with Crippen molar-refractivity contribution in [3.05, 3.63) is 29.8 Å². The van der Waals surface area contributed by atoms with E-state index in [0.29, 0.717) is 31.0 Å². The molecule has 1 spiro atoms. The summed E-state index contributed by atoms with van der Waals surface area (Å²) < 4.78 is 38.8. The van der Waals surface area contributed by atoms with E-state index in [4.69, 9.17) is 9.47 Å². The molecule has 2 heterocycles. The van der Waals surface area contributed by atoms with E-state index in [-0.39, 0.29) is 29.3 Å². The highest BCUT2D eigenvalue weighted by Crippen LogP contribution is 2.41. The summed E-state index contributed by atoms with van der Waals surface area (Å²) in [6.45, 7) is 3.51. The summed E-state index contributed by atoms with van der Waals surface area (Å²) in [7, 11) is -1.65. The van der Waals surface area contributed by atoms with Gasteiger partial charge in [0.15, 0.2) is 0 Å². The number of carbonyl (C=O) groups is 1. The van der Waals surface area contributed by atoms with Crippen LogP contribution in [0.1, 0.15) is 55.8 Å². The van der Waals surface area contributed by atoms with E-state index in [1.54, 1.807) is 30.5 Å². The van der Waals surface area contributed by atoms with E-state index in [1.165, 1.54) is 0 Å². The molecule has 0 radical (unpaired) electrons. The van der Waals surface area contributed by atoms with Gasteiger partial charge in [0.05, 0.1) is 24.0 Å². The van der Waals surface area contributed by atoms with Crippen LogP contribution in [0.2, 0.25) is 0 Å². The van der Waals surface area contributed by atoms with Crippen LogP contribution in [0.3, 0.4) is 0 Å². The second-order valence-corrected chi connectivity index (χ2v) is 10.8. The maximum absolute atomic E-state index is 13.0. The number of rotatable bonds is 6. The standard InChI is InChI=1S/C22H32N2O5S/c1-3-30(26,27)24(17-8-9-17)18-10-15-29-22(16-18)11-13-23(14-12-22)21(25)19-6-4-5-7-20(19)28-2/h4-7,17-18H,3,8-16H2,1-2H3. The number of hydrogen-bond donors (Lipinski definition) is 0. The highest BCUT2D eigenvalue weighted by molar-refractivity contribution is 7.89. The van der Waals surface area contributed by atoms with Gasteiger partial charge in [0.25, 0.3) is 5.91 Å². The molecule has 0 aromatic heterocycles. The van der Waals surface area contributed by atoms with Gasteiger partial charge in [0.2, 0.25) is 10.0 Å². The van der Waals surface area contributed by atoms with Crippen LogP contribution >= 0.6 is 0 Å². The highest BCUT2D eigenvalue weighted by Gasteiger charge is 2.48. The molecule has 7 nitrogen and oxygen atoms in total. The number of ether oxygens (including phenoxy) is 2. The molecule has 1 aromatic carbocycles. The number of likely N-dealkylation sites (tertiary alicyclic amines) is 1. The van der Waals surface area contributed by atoms with Crippen LogP contribution in [0.15, 0.2) is 24.3 Å². The quantitative estimate of drug-likeness (QED) is 0.685. The van der Waals surface area contributed by atoms with E-state index in [1.807, 2.05) is 17.0 Å². The van der Waals surface area contributed by atoms with Crippen molar-refractivity contribution < 1.29 is 22.7 Å². The first-order chi connectivity index (χ1) is 14.4. The van der Waals surface area contributed by atoms with Crippen molar-refractivity contribution in [3.63, 3.8) is 0 Å². The number of carbonyl (C=O) groups excluding carboxylic acids is 1. The molecule has 1 atom stereocenters. The molecular formula is C22H32N2O5S. The predicted octanol–water partition coefficient (Wildman–Crippen LogP) is 2.66. The summed E-state index contributed by atoms with van der Waals surface area (Å²) >= 11 is 0. The molecule has 3 aliphatic rings. The van der Waals surface area contributed by atoms with Crippen LogP contribution in [0.5, 0.6) is 5.75 Å². The third kappa shape index (κ3) is 4.22. The smallest absolute Gasteiger partial charge is 0.257 e. The van der Waals surface area contributed by atoms with Crippen molar-refractivity contribution >= 4 is 15.9 Å². The van der Waals surface area contributed by atoms with Gasteiger partial charge in [-0.1, -0.05) is 12.1 Å². The zero-order valence-corrected chi connectivity index (χ0v) is 18.7. The second-order valence-electron chi connectivity index (χ2n) is 8.63. The Bertz CT molecular complexity index is 875. The molecular weight excluding hydrogens is 404 g/mol. The number of benzene rings is 1. The summed E-state index contributed by atoms with van der Waals surface area (Å²) in [4.78, 5) is 14.9. The van der Waals surface area contributed by atoms with Gasteiger partial charge in [-0.3, -0.25) is 4.79 Å². The van der Waals surface area contributed by atoms with Gasteiger partial charge in [-0.25, -0.2) is 8.42 Å². The molecule has 30 heavy (non-hydrogen) atoms. The first kappa shape index (κ1) is 21.6. The molecule has 8 heteroatoms. The van der Waals surface area contributed by atoms with Crippen molar-refractivity contribution in [2.24, 2.45) is 0 Å². The minimum Gasteiger partial charge on any atom is -0.496 e. The van der Waals surface area contributed by atoms with Crippen molar-refractivity contribution in [2.75, 3.05) is 32.6 Å². The van der Waals surface area contributed by atoms with Gasteiger partial charge >= 0.3 is 0 Å². The lowest BCUT2D eigenvalue weighted by atomic mass is 9.82. The van der Waals surface area contributed by atoms with E-state index in [0.717, 1.165) is 38.5 Å². The lowest BCUT2D eigenvalue weighted by Gasteiger charge is -2.48. The van der Waals surface area contributed by atoms with E-state index in [9.17, 15) is 13.2 Å². The molecule has 0 N–H and O–H groups in total. The summed E-state index contributed by atoms with van der Waals surface area (Å²) in [5, 5.41) is 0. The minimum absolute atomic E-state index is 0.00710.